The molecule has 1 atom stereocenters. The Labute approximate surface area is 117 Å². The van der Waals surface area contributed by atoms with Gasteiger partial charge in [0, 0.05) is 6.04 Å². The fourth-order valence-electron chi connectivity index (χ4n) is 2.60. The molecule has 102 valence electrons. The molecule has 0 aliphatic carbocycles. The van der Waals surface area contributed by atoms with Crippen molar-refractivity contribution >= 4 is 10.8 Å². The lowest BCUT2D eigenvalue weighted by Gasteiger charge is -2.32. The van der Waals surface area contributed by atoms with E-state index in [2.05, 4.69) is 75.5 Å². The zero-order valence-electron chi connectivity index (χ0n) is 12.5. The molecule has 2 aromatic carbocycles. The lowest BCUT2D eigenvalue weighted by atomic mass is 9.81. The van der Waals surface area contributed by atoms with Crippen molar-refractivity contribution in [2.45, 2.75) is 40.2 Å². The van der Waals surface area contributed by atoms with Crippen molar-refractivity contribution in [2.24, 2.45) is 5.41 Å². The normalized spacial score (nSPS) is 13.7. The number of benzene rings is 2. The van der Waals surface area contributed by atoms with E-state index in [1.807, 2.05) is 0 Å². The Hall–Kier alpha value is -1.34. The van der Waals surface area contributed by atoms with Gasteiger partial charge in [0.2, 0.25) is 0 Å². The van der Waals surface area contributed by atoms with E-state index >= 15 is 0 Å². The van der Waals surface area contributed by atoms with Crippen LogP contribution in [0.25, 0.3) is 10.8 Å². The summed E-state index contributed by atoms with van der Waals surface area (Å²) in [6.07, 6.45) is 1.17. The quantitative estimate of drug-likeness (QED) is 0.817. The molecule has 0 bridgehead atoms. The summed E-state index contributed by atoms with van der Waals surface area (Å²) >= 11 is 0. The van der Waals surface area contributed by atoms with Crippen molar-refractivity contribution in [3.63, 3.8) is 0 Å². The SMILES string of the molecule is CCCNC(c1ccc2ccccc2c1)C(C)(C)C. The number of hydrogen-bond acceptors (Lipinski definition) is 1. The molecule has 0 aliphatic rings. The van der Waals surface area contributed by atoms with E-state index in [9.17, 15) is 0 Å². The van der Waals surface area contributed by atoms with E-state index < -0.39 is 0 Å². The van der Waals surface area contributed by atoms with Gasteiger partial charge in [-0.1, -0.05) is 64.1 Å². The van der Waals surface area contributed by atoms with Gasteiger partial charge in [0.1, 0.15) is 0 Å². The van der Waals surface area contributed by atoms with Gasteiger partial charge in [0.15, 0.2) is 0 Å². The Balaban J connectivity index is 2.38. The number of nitrogens with one attached hydrogen (secondary N) is 1. The smallest absolute Gasteiger partial charge is 0.0369 e. The zero-order valence-corrected chi connectivity index (χ0v) is 12.5. The first-order valence-corrected chi connectivity index (χ1v) is 7.24. The van der Waals surface area contributed by atoms with Crippen LogP contribution >= 0.6 is 0 Å². The number of hydrogen-bond donors (Lipinski definition) is 1. The summed E-state index contributed by atoms with van der Waals surface area (Å²) in [6, 6.07) is 15.8. The maximum absolute atomic E-state index is 3.69. The van der Waals surface area contributed by atoms with Gasteiger partial charge in [-0.15, -0.1) is 0 Å². The third-order valence-electron chi connectivity index (χ3n) is 3.57. The highest BCUT2D eigenvalue weighted by Gasteiger charge is 2.25. The van der Waals surface area contributed by atoms with Gasteiger partial charge in [-0.2, -0.15) is 0 Å². The fraction of sp³-hybridized carbons (Fsp3) is 0.444. The van der Waals surface area contributed by atoms with Gasteiger partial charge in [-0.25, -0.2) is 0 Å². The summed E-state index contributed by atoms with van der Waals surface area (Å²) in [6.45, 7) is 10.2. The molecule has 2 rings (SSSR count). The predicted molar refractivity (Wildman–Crippen MR) is 84.4 cm³/mol. The lowest BCUT2D eigenvalue weighted by Crippen LogP contribution is -2.32. The topological polar surface area (TPSA) is 12.0 Å². The fourth-order valence-corrected chi connectivity index (χ4v) is 2.60. The van der Waals surface area contributed by atoms with Crippen molar-refractivity contribution in [1.82, 2.24) is 5.32 Å². The van der Waals surface area contributed by atoms with E-state index in [0.29, 0.717) is 6.04 Å². The number of fused-ring (bicyclic) bond motifs is 1. The van der Waals surface area contributed by atoms with Gasteiger partial charge in [-0.3, -0.25) is 0 Å². The summed E-state index contributed by atoms with van der Waals surface area (Å²) < 4.78 is 0. The monoisotopic (exact) mass is 255 g/mol. The van der Waals surface area contributed by atoms with Crippen LogP contribution in [0.3, 0.4) is 0 Å². The predicted octanol–water partition coefficient (Wildman–Crippen LogP) is 4.93. The molecular formula is C18H25N. The lowest BCUT2D eigenvalue weighted by molar-refractivity contribution is 0.273. The van der Waals surface area contributed by atoms with Gasteiger partial charge >= 0.3 is 0 Å². The van der Waals surface area contributed by atoms with Crippen LogP contribution in [0.5, 0.6) is 0 Å². The first kappa shape index (κ1) is 14.1. The van der Waals surface area contributed by atoms with Gasteiger partial charge in [0.05, 0.1) is 0 Å². The molecule has 0 amide bonds. The Kier molecular flexibility index (Phi) is 4.26. The summed E-state index contributed by atoms with van der Waals surface area (Å²) in [5.74, 6) is 0. The summed E-state index contributed by atoms with van der Waals surface area (Å²) in [5, 5.41) is 6.33. The van der Waals surface area contributed by atoms with E-state index in [0.717, 1.165) is 6.54 Å². The van der Waals surface area contributed by atoms with Gasteiger partial charge in [0.25, 0.3) is 0 Å². The molecule has 0 spiro atoms. The maximum Gasteiger partial charge on any atom is 0.0369 e. The van der Waals surface area contributed by atoms with E-state index in [-0.39, 0.29) is 5.41 Å². The minimum Gasteiger partial charge on any atom is -0.309 e. The van der Waals surface area contributed by atoms with Crippen LogP contribution in [0.2, 0.25) is 0 Å². The average Bonchev–Trinajstić information content (AvgIpc) is 2.37. The van der Waals surface area contributed by atoms with Crippen molar-refractivity contribution in [3.8, 4) is 0 Å². The van der Waals surface area contributed by atoms with Crippen LogP contribution in [0.15, 0.2) is 42.5 Å². The maximum atomic E-state index is 3.69. The molecule has 1 nitrogen and oxygen atoms in total. The van der Waals surface area contributed by atoms with E-state index in [1.165, 1.54) is 22.8 Å². The molecule has 1 heteroatoms. The highest BCUT2D eigenvalue weighted by Crippen LogP contribution is 2.34. The molecule has 1 N–H and O–H groups in total. The highest BCUT2D eigenvalue weighted by molar-refractivity contribution is 5.83. The van der Waals surface area contributed by atoms with Crippen LogP contribution in [-0.2, 0) is 0 Å². The molecule has 1 unspecified atom stereocenters. The highest BCUT2D eigenvalue weighted by atomic mass is 14.9. The first-order valence-electron chi connectivity index (χ1n) is 7.24. The third-order valence-corrected chi connectivity index (χ3v) is 3.57. The van der Waals surface area contributed by atoms with Crippen LogP contribution in [0.4, 0.5) is 0 Å². The molecule has 19 heavy (non-hydrogen) atoms. The third kappa shape index (κ3) is 3.36. The van der Waals surface area contributed by atoms with Crippen LogP contribution in [-0.4, -0.2) is 6.54 Å². The minimum absolute atomic E-state index is 0.220. The van der Waals surface area contributed by atoms with E-state index in [1.54, 1.807) is 0 Å². The Bertz CT molecular complexity index is 537. The molecule has 0 heterocycles. The standard InChI is InChI=1S/C18H25N/c1-5-12-19-17(18(2,3)4)16-11-10-14-8-6-7-9-15(14)13-16/h6-11,13,17,19H,5,12H2,1-4H3. The molecule has 0 aromatic heterocycles. The van der Waals surface area contributed by atoms with Crippen LogP contribution in [0.1, 0.15) is 45.7 Å². The van der Waals surface area contributed by atoms with E-state index in [4.69, 9.17) is 0 Å². The largest absolute Gasteiger partial charge is 0.309 e. The average molecular weight is 255 g/mol. The molecule has 0 saturated carbocycles. The van der Waals surface area contributed by atoms with Gasteiger partial charge < -0.3 is 5.32 Å². The Morgan fingerprint density at radius 1 is 1.00 bits per heavy atom. The Morgan fingerprint density at radius 3 is 2.32 bits per heavy atom. The zero-order chi connectivity index (χ0) is 13.9. The molecule has 0 radical (unpaired) electrons. The molecule has 0 aliphatic heterocycles. The van der Waals surface area contributed by atoms with Crippen molar-refractivity contribution in [1.29, 1.82) is 0 Å². The summed E-state index contributed by atoms with van der Waals surface area (Å²) in [4.78, 5) is 0. The Morgan fingerprint density at radius 2 is 1.68 bits per heavy atom. The minimum atomic E-state index is 0.220. The summed E-state index contributed by atoms with van der Waals surface area (Å²) in [7, 11) is 0. The van der Waals surface area contributed by atoms with Crippen molar-refractivity contribution in [3.05, 3.63) is 48.0 Å². The number of rotatable bonds is 4. The van der Waals surface area contributed by atoms with Crippen LogP contribution < -0.4 is 5.32 Å². The van der Waals surface area contributed by atoms with Crippen LogP contribution in [0, 0.1) is 5.41 Å². The first-order chi connectivity index (χ1) is 9.02. The second-order valence-corrected chi connectivity index (χ2v) is 6.36. The molecular weight excluding hydrogens is 230 g/mol. The van der Waals surface area contributed by atoms with Crippen molar-refractivity contribution < 1.29 is 0 Å². The molecule has 0 fully saturated rings. The van der Waals surface area contributed by atoms with Gasteiger partial charge in [-0.05, 0) is 40.8 Å². The molecule has 2 aromatic rings. The van der Waals surface area contributed by atoms with Crippen molar-refractivity contribution in [2.75, 3.05) is 6.54 Å². The second kappa shape index (κ2) is 5.75. The summed E-state index contributed by atoms with van der Waals surface area (Å²) in [5.41, 5.74) is 1.61. The molecule has 0 saturated heterocycles. The second-order valence-electron chi connectivity index (χ2n) is 6.36.